The van der Waals surface area contributed by atoms with Crippen molar-refractivity contribution in [2.45, 2.75) is 46.0 Å². The van der Waals surface area contributed by atoms with Crippen molar-refractivity contribution < 1.29 is 0 Å². The van der Waals surface area contributed by atoms with Crippen molar-refractivity contribution in [2.75, 3.05) is 13.1 Å². The fraction of sp³-hybridized carbons (Fsp3) is 1.00. The zero-order chi connectivity index (χ0) is 7.66. The van der Waals surface area contributed by atoms with Crippen LogP contribution in [0.5, 0.6) is 0 Å². The molecular weight excluding hydrogens is 136 g/mol. The maximum atomic E-state index is 5.35. The Kier molecular flexibility index (Phi) is 15.4. The van der Waals surface area contributed by atoms with Gasteiger partial charge in [0.15, 0.2) is 0 Å². The second-order valence-corrected chi connectivity index (χ2v) is 2.70. The highest BCUT2D eigenvalue weighted by Gasteiger charge is 1.87. The lowest BCUT2D eigenvalue weighted by Gasteiger charge is -1.97. The van der Waals surface area contributed by atoms with Crippen molar-refractivity contribution in [3.05, 3.63) is 0 Å². The molecule has 2 nitrogen and oxygen atoms in total. The second kappa shape index (κ2) is 12.6. The molecule has 0 saturated heterocycles. The van der Waals surface area contributed by atoms with Gasteiger partial charge in [-0.15, -0.1) is 0 Å². The van der Waals surface area contributed by atoms with Crippen LogP contribution in [0.2, 0.25) is 0 Å². The van der Waals surface area contributed by atoms with Crippen LogP contribution in [0.15, 0.2) is 0 Å². The highest BCUT2D eigenvalue weighted by molar-refractivity contribution is 4.45. The predicted octanol–water partition coefficient (Wildman–Crippen LogP) is 1.88. The molecule has 0 aliphatic carbocycles. The van der Waals surface area contributed by atoms with Crippen LogP contribution in [0.1, 0.15) is 46.0 Å². The van der Waals surface area contributed by atoms with Gasteiger partial charge in [-0.2, -0.15) is 0 Å². The molecule has 11 heavy (non-hydrogen) atoms. The molecule has 0 aliphatic heterocycles. The summed E-state index contributed by atoms with van der Waals surface area (Å²) in [5.74, 6) is 0. The summed E-state index contributed by atoms with van der Waals surface area (Å²) in [7, 11) is 0. The molecule has 0 heterocycles. The fourth-order valence-corrected chi connectivity index (χ4v) is 0.996. The van der Waals surface area contributed by atoms with Crippen molar-refractivity contribution >= 4 is 0 Å². The summed E-state index contributed by atoms with van der Waals surface area (Å²) in [6.45, 7) is 1.69. The van der Waals surface area contributed by atoms with Crippen molar-refractivity contribution in [1.82, 2.24) is 0 Å². The minimum atomic E-state index is 0. The third kappa shape index (κ3) is 13.0. The van der Waals surface area contributed by atoms with Gasteiger partial charge in [-0.25, -0.2) is 0 Å². The first-order valence-electron chi connectivity index (χ1n) is 4.32. The summed E-state index contributed by atoms with van der Waals surface area (Å²) in [6, 6.07) is 0. The lowest BCUT2D eigenvalue weighted by Crippen LogP contribution is -1.99. The quantitative estimate of drug-likeness (QED) is 0.559. The van der Waals surface area contributed by atoms with E-state index in [1.165, 1.54) is 38.5 Å². The smallest absolute Gasteiger partial charge is 0.00773 e. The molecule has 0 saturated carbocycles. The van der Waals surface area contributed by atoms with Crippen LogP contribution >= 0.6 is 0 Å². The van der Waals surface area contributed by atoms with Gasteiger partial charge >= 0.3 is 0 Å². The molecule has 0 aliphatic rings. The Balaban J connectivity index is 0. The van der Waals surface area contributed by atoms with Crippen LogP contribution in [-0.2, 0) is 0 Å². The van der Waals surface area contributed by atoms with Gasteiger partial charge in [0.05, 0.1) is 0 Å². The first-order chi connectivity index (χ1) is 4.91. The van der Waals surface area contributed by atoms with Gasteiger partial charge in [0.25, 0.3) is 0 Å². The summed E-state index contributed by atoms with van der Waals surface area (Å²) in [5.41, 5.74) is 10.7. The summed E-state index contributed by atoms with van der Waals surface area (Å²) in [4.78, 5) is 0. The van der Waals surface area contributed by atoms with E-state index in [4.69, 9.17) is 11.5 Å². The lowest BCUT2D eigenvalue weighted by atomic mass is 10.1. The molecule has 0 bridgehead atoms. The summed E-state index contributed by atoms with van der Waals surface area (Å²) in [5, 5.41) is 0. The van der Waals surface area contributed by atoms with Crippen LogP contribution in [0.25, 0.3) is 0 Å². The van der Waals surface area contributed by atoms with Crippen molar-refractivity contribution in [2.24, 2.45) is 11.5 Å². The van der Waals surface area contributed by atoms with Crippen LogP contribution < -0.4 is 11.5 Å². The van der Waals surface area contributed by atoms with Gasteiger partial charge in [-0.1, -0.05) is 33.1 Å². The average molecular weight is 160 g/mol. The van der Waals surface area contributed by atoms with Gasteiger partial charge in [0.2, 0.25) is 0 Å². The van der Waals surface area contributed by atoms with E-state index in [1.54, 1.807) is 0 Å². The topological polar surface area (TPSA) is 52.0 Å². The molecule has 0 aromatic carbocycles. The maximum absolute atomic E-state index is 5.35. The Labute approximate surface area is 71.3 Å². The molecule has 0 atom stereocenters. The molecule has 0 rings (SSSR count). The molecule has 0 fully saturated rings. The average Bonchev–Trinajstić information content (AvgIpc) is 1.97. The number of unbranched alkanes of at least 4 members (excludes halogenated alkanes) is 5. The van der Waals surface area contributed by atoms with E-state index < -0.39 is 0 Å². The first-order valence-corrected chi connectivity index (χ1v) is 4.32. The maximum Gasteiger partial charge on any atom is -0.00773 e. The normalized spacial score (nSPS) is 9.27. The van der Waals surface area contributed by atoms with Gasteiger partial charge < -0.3 is 11.5 Å². The van der Waals surface area contributed by atoms with E-state index in [0.717, 1.165) is 13.1 Å². The predicted molar refractivity (Wildman–Crippen MR) is 52.5 cm³/mol. The minimum Gasteiger partial charge on any atom is -0.330 e. The zero-order valence-electron chi connectivity index (χ0n) is 6.81. The van der Waals surface area contributed by atoms with E-state index in [9.17, 15) is 0 Å². The van der Waals surface area contributed by atoms with Crippen LogP contribution in [0, 0.1) is 0 Å². The Bertz CT molecular complexity index is 47.5. The highest BCUT2D eigenvalue weighted by Crippen LogP contribution is 2.03. The third-order valence-electron chi connectivity index (χ3n) is 1.66. The van der Waals surface area contributed by atoms with Crippen molar-refractivity contribution in [3.8, 4) is 0 Å². The molecule has 0 aromatic rings. The number of nitrogens with two attached hydrogens (primary N) is 2. The zero-order valence-corrected chi connectivity index (χ0v) is 6.81. The number of rotatable bonds is 7. The number of hydrogen-bond donors (Lipinski definition) is 2. The van der Waals surface area contributed by atoms with Crippen LogP contribution in [0.4, 0.5) is 0 Å². The number of hydrogen-bond acceptors (Lipinski definition) is 2. The molecule has 0 aromatic heterocycles. The van der Waals surface area contributed by atoms with E-state index >= 15 is 0 Å². The van der Waals surface area contributed by atoms with Crippen molar-refractivity contribution in [3.63, 3.8) is 0 Å². The summed E-state index contributed by atoms with van der Waals surface area (Å²) in [6.07, 6.45) is 7.61. The van der Waals surface area contributed by atoms with Crippen LogP contribution in [-0.4, -0.2) is 13.1 Å². The Hall–Kier alpha value is -0.0800. The molecule has 0 spiro atoms. The molecule has 0 radical (unpaired) electrons. The van der Waals surface area contributed by atoms with Gasteiger partial charge in [0, 0.05) is 0 Å². The summed E-state index contributed by atoms with van der Waals surface area (Å²) >= 11 is 0. The van der Waals surface area contributed by atoms with E-state index in [2.05, 4.69) is 0 Å². The van der Waals surface area contributed by atoms with E-state index in [1.807, 2.05) is 0 Å². The second-order valence-electron chi connectivity index (χ2n) is 2.70. The Morgan fingerprint density at radius 2 is 0.818 bits per heavy atom. The fourth-order valence-electron chi connectivity index (χ4n) is 0.996. The Morgan fingerprint density at radius 1 is 0.545 bits per heavy atom. The Morgan fingerprint density at radius 3 is 1.09 bits per heavy atom. The van der Waals surface area contributed by atoms with Crippen LogP contribution in [0.3, 0.4) is 0 Å². The molecule has 0 unspecified atom stereocenters. The third-order valence-corrected chi connectivity index (χ3v) is 1.66. The summed E-state index contributed by atoms with van der Waals surface area (Å²) < 4.78 is 0. The minimum absolute atomic E-state index is 0. The monoisotopic (exact) mass is 160 g/mol. The highest BCUT2D eigenvalue weighted by atomic mass is 14.5. The van der Waals surface area contributed by atoms with Gasteiger partial charge in [-0.3, -0.25) is 0 Å². The molecule has 4 N–H and O–H groups in total. The largest absolute Gasteiger partial charge is 0.330 e. The van der Waals surface area contributed by atoms with Gasteiger partial charge in [0.1, 0.15) is 0 Å². The molecule has 0 amide bonds. The SMILES string of the molecule is C.NCCCCCCCCN. The van der Waals surface area contributed by atoms with E-state index in [-0.39, 0.29) is 7.43 Å². The first kappa shape index (κ1) is 13.5. The van der Waals surface area contributed by atoms with E-state index in [0.29, 0.717) is 0 Å². The van der Waals surface area contributed by atoms with Gasteiger partial charge in [-0.05, 0) is 25.9 Å². The van der Waals surface area contributed by atoms with Crippen molar-refractivity contribution in [1.29, 1.82) is 0 Å². The molecule has 2 heteroatoms. The molecule has 70 valence electrons. The standard InChI is InChI=1S/C8H20N2.CH4/c9-7-5-3-1-2-4-6-8-10;/h1-10H2;1H4. The lowest BCUT2D eigenvalue weighted by molar-refractivity contribution is 0.601. The molecular formula is C9H24N2.